The standard InChI is InChI=1S/C19H28F2N2/c1-14-9-17(22-11-15-5-3-2-4-6-15)13-23(12-14)19-8-7-16(20)10-18(19)21/h7-8,10,14-15,17,22H,2-6,9,11-13H2,1H3. The summed E-state index contributed by atoms with van der Waals surface area (Å²) in [7, 11) is 0. The van der Waals surface area contributed by atoms with Gasteiger partial charge in [-0.2, -0.15) is 0 Å². The van der Waals surface area contributed by atoms with Gasteiger partial charge in [-0.05, 0) is 49.8 Å². The van der Waals surface area contributed by atoms with E-state index in [2.05, 4.69) is 17.1 Å². The highest BCUT2D eigenvalue weighted by Crippen LogP contribution is 2.27. The van der Waals surface area contributed by atoms with Gasteiger partial charge in [-0.1, -0.05) is 26.2 Å². The Morgan fingerprint density at radius 1 is 1.13 bits per heavy atom. The van der Waals surface area contributed by atoms with Crippen LogP contribution in [0.1, 0.15) is 45.4 Å². The molecule has 0 radical (unpaired) electrons. The smallest absolute Gasteiger partial charge is 0.149 e. The molecule has 1 aliphatic heterocycles. The third kappa shape index (κ3) is 4.43. The first kappa shape index (κ1) is 16.7. The molecule has 1 saturated carbocycles. The molecule has 1 aromatic rings. The van der Waals surface area contributed by atoms with Gasteiger partial charge in [0.05, 0.1) is 5.69 Å². The Morgan fingerprint density at radius 3 is 2.65 bits per heavy atom. The van der Waals surface area contributed by atoms with Crippen molar-refractivity contribution in [2.75, 3.05) is 24.5 Å². The van der Waals surface area contributed by atoms with Crippen LogP contribution in [0, 0.1) is 23.5 Å². The molecule has 1 aromatic carbocycles. The van der Waals surface area contributed by atoms with Crippen molar-refractivity contribution in [3.63, 3.8) is 0 Å². The number of hydrogen-bond acceptors (Lipinski definition) is 2. The van der Waals surface area contributed by atoms with Crippen LogP contribution >= 0.6 is 0 Å². The molecule has 2 nitrogen and oxygen atoms in total. The maximum atomic E-state index is 14.1. The van der Waals surface area contributed by atoms with E-state index in [9.17, 15) is 8.78 Å². The zero-order valence-electron chi connectivity index (χ0n) is 14.0. The van der Waals surface area contributed by atoms with Crippen molar-refractivity contribution in [1.82, 2.24) is 5.32 Å². The van der Waals surface area contributed by atoms with E-state index < -0.39 is 11.6 Å². The van der Waals surface area contributed by atoms with E-state index >= 15 is 0 Å². The molecule has 0 bridgehead atoms. The predicted octanol–water partition coefficient (Wildman–Crippen LogP) is 4.35. The Morgan fingerprint density at radius 2 is 1.91 bits per heavy atom. The van der Waals surface area contributed by atoms with Gasteiger partial charge in [0.15, 0.2) is 0 Å². The van der Waals surface area contributed by atoms with Crippen LogP contribution in [0.4, 0.5) is 14.5 Å². The fraction of sp³-hybridized carbons (Fsp3) is 0.684. The number of rotatable bonds is 4. The average molecular weight is 322 g/mol. The highest BCUT2D eigenvalue weighted by Gasteiger charge is 2.27. The second-order valence-electron chi connectivity index (χ2n) is 7.45. The van der Waals surface area contributed by atoms with Crippen LogP contribution in [-0.2, 0) is 0 Å². The van der Waals surface area contributed by atoms with Gasteiger partial charge in [-0.25, -0.2) is 8.78 Å². The van der Waals surface area contributed by atoms with Gasteiger partial charge < -0.3 is 10.2 Å². The second-order valence-corrected chi connectivity index (χ2v) is 7.45. The SMILES string of the molecule is CC1CC(NCC2CCCCC2)CN(c2ccc(F)cc2F)C1. The lowest BCUT2D eigenvalue weighted by Crippen LogP contribution is -2.50. The van der Waals surface area contributed by atoms with E-state index in [1.807, 2.05) is 0 Å². The lowest BCUT2D eigenvalue weighted by molar-refractivity contribution is 0.294. The highest BCUT2D eigenvalue weighted by atomic mass is 19.1. The number of halogens is 2. The summed E-state index contributed by atoms with van der Waals surface area (Å²) in [6.45, 7) is 4.93. The Bertz CT molecular complexity index is 514. The van der Waals surface area contributed by atoms with Gasteiger partial charge in [0.25, 0.3) is 0 Å². The van der Waals surface area contributed by atoms with Gasteiger partial charge in [0.2, 0.25) is 0 Å². The zero-order valence-corrected chi connectivity index (χ0v) is 14.0. The van der Waals surface area contributed by atoms with Crippen LogP contribution in [0.5, 0.6) is 0 Å². The molecule has 2 atom stereocenters. The zero-order chi connectivity index (χ0) is 16.2. The molecule has 1 N–H and O–H groups in total. The Labute approximate surface area is 138 Å². The molecular formula is C19H28F2N2. The first-order valence-electron chi connectivity index (χ1n) is 9.05. The van der Waals surface area contributed by atoms with Crippen molar-refractivity contribution in [2.24, 2.45) is 11.8 Å². The van der Waals surface area contributed by atoms with E-state index in [1.165, 1.54) is 38.2 Å². The third-order valence-corrected chi connectivity index (χ3v) is 5.33. The number of nitrogens with one attached hydrogen (secondary N) is 1. The summed E-state index contributed by atoms with van der Waals surface area (Å²) < 4.78 is 27.2. The molecule has 1 heterocycles. The van der Waals surface area contributed by atoms with Crippen molar-refractivity contribution in [2.45, 2.75) is 51.5 Å². The van der Waals surface area contributed by atoms with Crippen molar-refractivity contribution in [1.29, 1.82) is 0 Å². The second kappa shape index (κ2) is 7.61. The molecule has 23 heavy (non-hydrogen) atoms. The molecule has 1 aliphatic carbocycles. The molecule has 2 aliphatic rings. The normalized spacial score (nSPS) is 26.5. The van der Waals surface area contributed by atoms with E-state index in [0.717, 1.165) is 38.0 Å². The molecule has 128 valence electrons. The minimum Gasteiger partial charge on any atom is -0.367 e. The van der Waals surface area contributed by atoms with Crippen molar-refractivity contribution >= 4 is 5.69 Å². The maximum Gasteiger partial charge on any atom is 0.149 e. The molecule has 0 aromatic heterocycles. The Balaban J connectivity index is 1.59. The van der Waals surface area contributed by atoms with E-state index in [0.29, 0.717) is 17.6 Å². The monoisotopic (exact) mass is 322 g/mol. The number of benzene rings is 1. The molecule has 2 unspecified atom stereocenters. The van der Waals surface area contributed by atoms with Gasteiger partial charge in [-0.3, -0.25) is 0 Å². The largest absolute Gasteiger partial charge is 0.367 e. The van der Waals surface area contributed by atoms with E-state index in [1.54, 1.807) is 6.07 Å². The van der Waals surface area contributed by atoms with Crippen LogP contribution in [0.2, 0.25) is 0 Å². The fourth-order valence-corrected chi connectivity index (χ4v) is 4.16. The Hall–Kier alpha value is -1.16. The minimum absolute atomic E-state index is 0.394. The average Bonchev–Trinajstić information content (AvgIpc) is 2.53. The van der Waals surface area contributed by atoms with Gasteiger partial charge in [0, 0.05) is 25.2 Å². The minimum atomic E-state index is -0.511. The molecule has 0 amide bonds. The molecule has 2 fully saturated rings. The molecule has 1 saturated heterocycles. The summed E-state index contributed by atoms with van der Waals surface area (Å²) in [6, 6.07) is 4.30. The van der Waals surface area contributed by atoms with Crippen LogP contribution in [0.3, 0.4) is 0 Å². The van der Waals surface area contributed by atoms with E-state index in [4.69, 9.17) is 0 Å². The first-order valence-corrected chi connectivity index (χ1v) is 9.05. The molecule has 0 spiro atoms. The summed E-state index contributed by atoms with van der Waals surface area (Å²) in [4.78, 5) is 2.07. The predicted molar refractivity (Wildman–Crippen MR) is 90.7 cm³/mol. The molecule has 4 heteroatoms. The van der Waals surface area contributed by atoms with Gasteiger partial charge in [0.1, 0.15) is 11.6 Å². The van der Waals surface area contributed by atoms with Gasteiger partial charge in [-0.15, -0.1) is 0 Å². The number of hydrogen-bond donors (Lipinski definition) is 1. The van der Waals surface area contributed by atoms with Gasteiger partial charge >= 0.3 is 0 Å². The fourth-order valence-electron chi connectivity index (χ4n) is 4.16. The van der Waals surface area contributed by atoms with Crippen molar-refractivity contribution in [3.05, 3.63) is 29.8 Å². The quantitative estimate of drug-likeness (QED) is 0.886. The third-order valence-electron chi connectivity index (χ3n) is 5.33. The Kier molecular flexibility index (Phi) is 5.52. The summed E-state index contributed by atoms with van der Waals surface area (Å²) in [5, 5.41) is 3.71. The summed E-state index contributed by atoms with van der Waals surface area (Å²) in [6.07, 6.45) is 7.92. The van der Waals surface area contributed by atoms with Crippen LogP contribution < -0.4 is 10.2 Å². The summed E-state index contributed by atoms with van der Waals surface area (Å²) in [5.74, 6) is 0.350. The van der Waals surface area contributed by atoms with Crippen LogP contribution in [0.25, 0.3) is 0 Å². The van der Waals surface area contributed by atoms with E-state index in [-0.39, 0.29) is 0 Å². The maximum absolute atomic E-state index is 14.1. The van der Waals surface area contributed by atoms with Crippen molar-refractivity contribution in [3.8, 4) is 0 Å². The highest BCUT2D eigenvalue weighted by molar-refractivity contribution is 5.48. The first-order chi connectivity index (χ1) is 11.1. The lowest BCUT2D eigenvalue weighted by atomic mass is 9.88. The van der Waals surface area contributed by atoms with Crippen LogP contribution in [-0.4, -0.2) is 25.7 Å². The molecule has 3 rings (SSSR count). The van der Waals surface area contributed by atoms with Crippen molar-refractivity contribution < 1.29 is 8.78 Å². The number of nitrogens with zero attached hydrogens (tertiary/aromatic N) is 1. The number of anilines is 1. The number of piperidine rings is 1. The summed E-state index contributed by atoms with van der Waals surface area (Å²) in [5.41, 5.74) is 0.530. The summed E-state index contributed by atoms with van der Waals surface area (Å²) >= 11 is 0. The lowest BCUT2D eigenvalue weighted by Gasteiger charge is -2.39. The topological polar surface area (TPSA) is 15.3 Å². The molecular weight excluding hydrogens is 294 g/mol. The van der Waals surface area contributed by atoms with Crippen LogP contribution in [0.15, 0.2) is 18.2 Å².